The lowest BCUT2D eigenvalue weighted by Gasteiger charge is -2.26. The Bertz CT molecular complexity index is 1360. The summed E-state index contributed by atoms with van der Waals surface area (Å²) in [5.74, 6) is -1.32. The molecule has 1 saturated heterocycles. The summed E-state index contributed by atoms with van der Waals surface area (Å²) in [5.41, 5.74) is 2.02. The van der Waals surface area contributed by atoms with E-state index >= 15 is 0 Å². The molecule has 0 aliphatic carbocycles. The zero-order chi connectivity index (χ0) is 26.1. The van der Waals surface area contributed by atoms with Gasteiger partial charge in [-0.25, -0.2) is 0 Å². The van der Waals surface area contributed by atoms with Gasteiger partial charge in [0.25, 0.3) is 11.7 Å². The van der Waals surface area contributed by atoms with Gasteiger partial charge >= 0.3 is 0 Å². The summed E-state index contributed by atoms with van der Waals surface area (Å²) >= 11 is 12.2. The second-order valence-corrected chi connectivity index (χ2v) is 9.54. The predicted octanol–water partition coefficient (Wildman–Crippen LogP) is 6.85. The molecule has 1 atom stereocenters. The predicted molar refractivity (Wildman–Crippen MR) is 141 cm³/mol. The van der Waals surface area contributed by atoms with Gasteiger partial charge in [0.15, 0.2) is 0 Å². The van der Waals surface area contributed by atoms with Crippen LogP contribution in [-0.4, -0.2) is 28.5 Å². The van der Waals surface area contributed by atoms with Crippen molar-refractivity contribution in [2.24, 2.45) is 0 Å². The average Bonchev–Trinajstić information content (AvgIpc) is 3.11. The number of aliphatic hydroxyl groups excluding tert-OH is 1. The first-order valence-electron chi connectivity index (χ1n) is 11.5. The number of anilines is 1. The third-order valence-corrected chi connectivity index (χ3v) is 6.60. The van der Waals surface area contributed by atoms with Crippen LogP contribution in [0.2, 0.25) is 10.0 Å². The molecule has 0 spiro atoms. The quantitative estimate of drug-likeness (QED) is 0.209. The number of carbonyl (C=O) groups excluding carboxylic acids is 2. The maximum absolute atomic E-state index is 13.4. The van der Waals surface area contributed by atoms with E-state index in [0.29, 0.717) is 34.2 Å². The highest BCUT2D eigenvalue weighted by atomic mass is 35.5. The first kappa shape index (κ1) is 25.6. The van der Waals surface area contributed by atoms with Crippen LogP contribution < -0.4 is 9.64 Å². The molecule has 0 radical (unpaired) electrons. The smallest absolute Gasteiger partial charge is 0.300 e. The summed E-state index contributed by atoms with van der Waals surface area (Å²) in [6.45, 7) is 6.37. The van der Waals surface area contributed by atoms with Gasteiger partial charge < -0.3 is 14.9 Å². The molecule has 1 heterocycles. The number of carbonyl (C=O) groups is 2. The van der Waals surface area contributed by atoms with E-state index in [-0.39, 0.29) is 28.0 Å². The van der Waals surface area contributed by atoms with Crippen molar-refractivity contribution in [3.05, 3.63) is 93.0 Å². The lowest BCUT2D eigenvalue weighted by Crippen LogP contribution is -2.29. The number of Topliss-reactive ketones (excluding diaryl/α,β-unsaturated/α-hetero) is 1. The molecule has 3 aromatic rings. The van der Waals surface area contributed by atoms with Gasteiger partial charge in [-0.3, -0.25) is 14.5 Å². The molecular weight excluding hydrogens is 501 g/mol. The third-order valence-electron chi connectivity index (χ3n) is 6.04. The Labute approximate surface area is 219 Å². The Balaban J connectivity index is 1.94. The Kier molecular flexibility index (Phi) is 7.29. The van der Waals surface area contributed by atoms with Gasteiger partial charge in [-0.15, -0.1) is 0 Å². The molecule has 186 valence electrons. The molecule has 0 saturated carbocycles. The third kappa shape index (κ3) is 4.66. The average molecular weight is 526 g/mol. The number of hydrogen-bond acceptors (Lipinski definition) is 5. The lowest BCUT2D eigenvalue weighted by molar-refractivity contribution is -0.132. The van der Waals surface area contributed by atoms with Gasteiger partial charge in [0, 0.05) is 16.3 Å². The van der Waals surface area contributed by atoms with Crippen molar-refractivity contribution in [2.45, 2.75) is 32.7 Å². The minimum Gasteiger partial charge on any atom is -0.507 e. The summed E-state index contributed by atoms with van der Waals surface area (Å²) in [5, 5.41) is 21.9. The Hall–Kier alpha value is -3.48. The number of aromatic hydroxyl groups is 1. The van der Waals surface area contributed by atoms with E-state index in [0.717, 1.165) is 5.56 Å². The Morgan fingerprint density at radius 2 is 1.72 bits per heavy atom. The van der Waals surface area contributed by atoms with Gasteiger partial charge in [0.1, 0.15) is 17.3 Å². The molecule has 4 rings (SSSR count). The fourth-order valence-electron chi connectivity index (χ4n) is 4.30. The van der Waals surface area contributed by atoms with Crippen LogP contribution in [0.5, 0.6) is 11.5 Å². The van der Waals surface area contributed by atoms with E-state index < -0.39 is 17.7 Å². The van der Waals surface area contributed by atoms with Crippen LogP contribution in [0, 0.1) is 0 Å². The number of ketones is 1. The molecule has 0 aromatic heterocycles. The molecule has 6 nitrogen and oxygen atoms in total. The number of ether oxygens (including phenoxy) is 1. The molecular formula is C28H25Cl2NO5. The second-order valence-electron chi connectivity index (χ2n) is 8.70. The minimum absolute atomic E-state index is 0.0531. The number of phenols is 1. The number of nitrogens with zero attached hydrogens (tertiary/aromatic N) is 1. The summed E-state index contributed by atoms with van der Waals surface area (Å²) < 4.78 is 5.72. The van der Waals surface area contributed by atoms with Crippen molar-refractivity contribution in [2.75, 3.05) is 11.5 Å². The van der Waals surface area contributed by atoms with Crippen molar-refractivity contribution in [3.63, 3.8) is 0 Å². The van der Waals surface area contributed by atoms with Crippen LogP contribution in [0.25, 0.3) is 5.76 Å². The largest absolute Gasteiger partial charge is 0.507 e. The van der Waals surface area contributed by atoms with Gasteiger partial charge in [-0.1, -0.05) is 43.1 Å². The number of hydrogen-bond donors (Lipinski definition) is 2. The van der Waals surface area contributed by atoms with E-state index in [9.17, 15) is 19.8 Å². The van der Waals surface area contributed by atoms with Crippen LogP contribution in [-0.2, 0) is 9.59 Å². The normalized spacial score (nSPS) is 17.2. The van der Waals surface area contributed by atoms with Crippen molar-refractivity contribution < 1.29 is 24.5 Å². The molecule has 1 unspecified atom stereocenters. The molecule has 8 heteroatoms. The SMILES string of the molecule is CCOc1ccc(/C(O)=C2/C(=O)C(=O)N(c3ccc(Cl)cc3)C2c2ccc(O)c(Cl)c2)cc1C(C)C. The monoisotopic (exact) mass is 525 g/mol. The Morgan fingerprint density at radius 1 is 1.03 bits per heavy atom. The van der Waals surface area contributed by atoms with E-state index in [2.05, 4.69) is 0 Å². The molecule has 1 aliphatic heterocycles. The maximum atomic E-state index is 13.4. The summed E-state index contributed by atoms with van der Waals surface area (Å²) in [6, 6.07) is 15.1. The molecule has 1 amide bonds. The number of benzene rings is 3. The highest BCUT2D eigenvalue weighted by molar-refractivity contribution is 6.51. The minimum atomic E-state index is -0.988. The van der Waals surface area contributed by atoms with Crippen LogP contribution in [0.3, 0.4) is 0 Å². The lowest BCUT2D eigenvalue weighted by atomic mass is 9.93. The first-order chi connectivity index (χ1) is 17.1. The zero-order valence-electron chi connectivity index (χ0n) is 20.0. The van der Waals surface area contributed by atoms with Crippen LogP contribution in [0.1, 0.15) is 49.4 Å². The fourth-order valence-corrected chi connectivity index (χ4v) is 4.61. The van der Waals surface area contributed by atoms with Gasteiger partial charge in [0.05, 0.1) is 23.2 Å². The topological polar surface area (TPSA) is 87.1 Å². The summed E-state index contributed by atoms with van der Waals surface area (Å²) in [7, 11) is 0. The van der Waals surface area contributed by atoms with Crippen molar-refractivity contribution in [1.82, 2.24) is 0 Å². The highest BCUT2D eigenvalue weighted by Gasteiger charge is 2.47. The summed E-state index contributed by atoms with van der Waals surface area (Å²) in [6.07, 6.45) is 0. The van der Waals surface area contributed by atoms with E-state index in [4.69, 9.17) is 27.9 Å². The van der Waals surface area contributed by atoms with E-state index in [1.165, 1.54) is 17.0 Å². The van der Waals surface area contributed by atoms with Crippen LogP contribution >= 0.6 is 23.2 Å². The van der Waals surface area contributed by atoms with Crippen LogP contribution in [0.4, 0.5) is 5.69 Å². The first-order valence-corrected chi connectivity index (χ1v) is 12.2. The Morgan fingerprint density at radius 3 is 2.33 bits per heavy atom. The van der Waals surface area contributed by atoms with Gasteiger partial charge in [-0.05, 0) is 78.6 Å². The molecule has 36 heavy (non-hydrogen) atoms. The molecule has 3 aromatic carbocycles. The zero-order valence-corrected chi connectivity index (χ0v) is 21.5. The summed E-state index contributed by atoms with van der Waals surface area (Å²) in [4.78, 5) is 27.9. The fraction of sp³-hybridized carbons (Fsp3) is 0.214. The van der Waals surface area contributed by atoms with E-state index in [1.54, 1.807) is 48.5 Å². The standard InChI is InChI=1S/C28H25Cl2NO5/c1-4-36-23-12-6-17(13-20(23)15(2)3)26(33)24-25(16-5-11-22(32)21(30)14-16)31(28(35)27(24)34)19-9-7-18(29)8-10-19/h5-15,25,32-33H,4H2,1-3H3/b26-24-. The molecule has 0 bridgehead atoms. The maximum Gasteiger partial charge on any atom is 0.300 e. The van der Waals surface area contributed by atoms with Gasteiger partial charge in [-0.2, -0.15) is 0 Å². The number of halogens is 2. The number of phenolic OH excluding ortho intramolecular Hbond substituents is 1. The molecule has 1 aliphatic rings. The van der Waals surface area contributed by atoms with Gasteiger partial charge in [0.2, 0.25) is 0 Å². The van der Waals surface area contributed by atoms with Crippen molar-refractivity contribution in [1.29, 1.82) is 0 Å². The van der Waals surface area contributed by atoms with Crippen molar-refractivity contribution >= 4 is 46.3 Å². The molecule has 1 fully saturated rings. The second kappa shape index (κ2) is 10.2. The highest BCUT2D eigenvalue weighted by Crippen LogP contribution is 2.44. The van der Waals surface area contributed by atoms with Crippen molar-refractivity contribution in [3.8, 4) is 11.5 Å². The van der Waals surface area contributed by atoms with Crippen LogP contribution in [0.15, 0.2) is 66.2 Å². The number of rotatable bonds is 6. The van der Waals surface area contributed by atoms with E-state index in [1.807, 2.05) is 20.8 Å². The number of aliphatic hydroxyl groups is 1. The number of amides is 1. The molecule has 2 N–H and O–H groups in total.